The lowest BCUT2D eigenvalue weighted by Crippen LogP contribution is -2.09. The van der Waals surface area contributed by atoms with Gasteiger partial charge in [-0.05, 0) is 48.2 Å². The van der Waals surface area contributed by atoms with E-state index < -0.39 is 23.2 Å². The predicted molar refractivity (Wildman–Crippen MR) is 96.8 cm³/mol. The first-order valence-corrected chi connectivity index (χ1v) is 8.45. The second-order valence-corrected chi connectivity index (χ2v) is 6.68. The molecular formula is C21H18F2O4. The van der Waals surface area contributed by atoms with Gasteiger partial charge in [0.1, 0.15) is 23.8 Å². The number of hydrogen-bond donors (Lipinski definition) is 0. The lowest BCUT2D eigenvalue weighted by molar-refractivity contribution is 0.0472. The summed E-state index contributed by atoms with van der Waals surface area (Å²) in [5.41, 5.74) is 2.13. The molecule has 0 unspecified atom stereocenters. The second-order valence-electron chi connectivity index (χ2n) is 6.68. The van der Waals surface area contributed by atoms with Crippen LogP contribution in [0.1, 0.15) is 46.8 Å². The van der Waals surface area contributed by atoms with Crippen molar-refractivity contribution in [2.45, 2.75) is 33.3 Å². The molecule has 0 radical (unpaired) electrons. The van der Waals surface area contributed by atoms with Gasteiger partial charge in [-0.15, -0.1) is 0 Å². The molecule has 3 aromatic rings. The Morgan fingerprint density at radius 3 is 2.37 bits per heavy atom. The summed E-state index contributed by atoms with van der Waals surface area (Å²) in [5, 5.41) is 0.655. The van der Waals surface area contributed by atoms with Gasteiger partial charge in [0.25, 0.3) is 0 Å². The lowest BCUT2D eigenvalue weighted by atomic mass is 9.95. The molecule has 0 saturated heterocycles. The van der Waals surface area contributed by atoms with Crippen LogP contribution in [0.25, 0.3) is 11.0 Å². The molecule has 6 heteroatoms. The van der Waals surface area contributed by atoms with Crippen molar-refractivity contribution in [1.29, 1.82) is 0 Å². The Morgan fingerprint density at radius 2 is 1.74 bits per heavy atom. The molecule has 0 aliphatic carbocycles. The van der Waals surface area contributed by atoms with Crippen LogP contribution in [0, 0.1) is 18.6 Å². The summed E-state index contributed by atoms with van der Waals surface area (Å²) in [6.07, 6.45) is 0. The quantitative estimate of drug-likeness (QED) is 0.485. The molecule has 0 spiro atoms. The molecule has 0 aliphatic rings. The maximum absolute atomic E-state index is 13.3. The van der Waals surface area contributed by atoms with E-state index in [0.717, 1.165) is 23.3 Å². The largest absolute Gasteiger partial charge is 0.457 e. The normalized spacial score (nSPS) is 11.2. The predicted octanol–water partition coefficient (Wildman–Crippen LogP) is 4.86. The van der Waals surface area contributed by atoms with Gasteiger partial charge in [0.05, 0.1) is 5.56 Å². The van der Waals surface area contributed by atoms with Crippen molar-refractivity contribution in [2.75, 3.05) is 0 Å². The summed E-state index contributed by atoms with van der Waals surface area (Å²) in [7, 11) is 0. The van der Waals surface area contributed by atoms with E-state index in [1.54, 1.807) is 6.07 Å². The standard InChI is InChI=1S/C21H18F2O4/c1-11(2)17-9-18-14(7-20(24)27-19(18)4-12(17)3)10-26-21(25)13-5-15(22)8-16(23)6-13/h4-9,11H,10H2,1-3H3. The number of benzene rings is 2. The molecular weight excluding hydrogens is 354 g/mol. The van der Waals surface area contributed by atoms with Gasteiger partial charge < -0.3 is 9.15 Å². The minimum Gasteiger partial charge on any atom is -0.457 e. The topological polar surface area (TPSA) is 56.5 Å². The fourth-order valence-electron chi connectivity index (χ4n) is 3.03. The van der Waals surface area contributed by atoms with Gasteiger partial charge in [0.2, 0.25) is 0 Å². The number of carbonyl (C=O) groups excluding carboxylic acids is 1. The first-order valence-electron chi connectivity index (χ1n) is 8.45. The molecule has 0 fully saturated rings. The number of ether oxygens (including phenoxy) is 1. The second kappa shape index (κ2) is 7.31. The van der Waals surface area contributed by atoms with Crippen LogP contribution < -0.4 is 5.63 Å². The highest BCUT2D eigenvalue weighted by atomic mass is 19.1. The molecule has 0 atom stereocenters. The van der Waals surface area contributed by atoms with E-state index in [0.29, 0.717) is 22.6 Å². The van der Waals surface area contributed by atoms with E-state index in [4.69, 9.17) is 9.15 Å². The fourth-order valence-corrected chi connectivity index (χ4v) is 3.03. The Labute approximate surface area is 154 Å². The van der Waals surface area contributed by atoms with E-state index in [1.807, 2.05) is 26.8 Å². The van der Waals surface area contributed by atoms with Gasteiger partial charge in [-0.25, -0.2) is 18.4 Å². The van der Waals surface area contributed by atoms with Crippen LogP contribution in [-0.2, 0) is 11.3 Å². The van der Waals surface area contributed by atoms with E-state index in [-0.39, 0.29) is 18.1 Å². The molecule has 3 rings (SSSR count). The van der Waals surface area contributed by atoms with Crippen molar-refractivity contribution >= 4 is 16.9 Å². The van der Waals surface area contributed by atoms with Gasteiger partial charge in [-0.2, -0.15) is 0 Å². The third-order valence-corrected chi connectivity index (χ3v) is 4.30. The number of fused-ring (bicyclic) bond motifs is 1. The Bertz CT molecular complexity index is 1060. The summed E-state index contributed by atoms with van der Waals surface area (Å²) in [6.45, 7) is 5.80. The van der Waals surface area contributed by atoms with Crippen LogP contribution in [0.2, 0.25) is 0 Å². The highest BCUT2D eigenvalue weighted by molar-refractivity contribution is 5.89. The molecule has 2 aromatic carbocycles. The van der Waals surface area contributed by atoms with Crippen molar-refractivity contribution in [1.82, 2.24) is 0 Å². The molecule has 27 heavy (non-hydrogen) atoms. The fraction of sp³-hybridized carbons (Fsp3) is 0.238. The van der Waals surface area contributed by atoms with Crippen LogP contribution in [0.4, 0.5) is 8.78 Å². The van der Waals surface area contributed by atoms with E-state index in [9.17, 15) is 18.4 Å². The van der Waals surface area contributed by atoms with Gasteiger partial charge in [0.15, 0.2) is 0 Å². The lowest BCUT2D eigenvalue weighted by Gasteiger charge is -2.13. The molecule has 0 N–H and O–H groups in total. The van der Waals surface area contributed by atoms with Crippen LogP contribution in [0.5, 0.6) is 0 Å². The first kappa shape index (κ1) is 18.8. The number of hydrogen-bond acceptors (Lipinski definition) is 4. The zero-order chi connectivity index (χ0) is 19.7. The summed E-state index contributed by atoms with van der Waals surface area (Å²) >= 11 is 0. The third-order valence-electron chi connectivity index (χ3n) is 4.30. The molecule has 140 valence electrons. The van der Waals surface area contributed by atoms with Crippen LogP contribution in [-0.4, -0.2) is 5.97 Å². The smallest absolute Gasteiger partial charge is 0.338 e. The summed E-state index contributed by atoms with van der Waals surface area (Å²) in [4.78, 5) is 23.9. The van der Waals surface area contributed by atoms with Crippen molar-refractivity contribution in [3.05, 3.63) is 80.7 Å². The summed E-state index contributed by atoms with van der Waals surface area (Å²) in [6, 6.07) is 7.39. The molecule has 0 saturated carbocycles. The SMILES string of the molecule is Cc1cc2oc(=O)cc(COC(=O)c3cc(F)cc(F)c3)c2cc1C(C)C. The average Bonchev–Trinajstić information content (AvgIpc) is 2.57. The number of esters is 1. The summed E-state index contributed by atoms with van der Waals surface area (Å²) < 4.78 is 36.9. The van der Waals surface area contributed by atoms with Gasteiger partial charge >= 0.3 is 11.6 Å². The van der Waals surface area contributed by atoms with Crippen molar-refractivity contribution in [3.63, 3.8) is 0 Å². The Kier molecular flexibility index (Phi) is 5.08. The molecule has 1 heterocycles. The summed E-state index contributed by atoms with van der Waals surface area (Å²) in [5.74, 6) is -2.37. The zero-order valence-electron chi connectivity index (χ0n) is 15.1. The highest BCUT2D eigenvalue weighted by Crippen LogP contribution is 2.27. The number of carbonyl (C=O) groups is 1. The van der Waals surface area contributed by atoms with Crippen LogP contribution in [0.3, 0.4) is 0 Å². The third kappa shape index (κ3) is 4.05. The zero-order valence-corrected chi connectivity index (χ0v) is 15.1. The van der Waals surface area contributed by atoms with Crippen LogP contribution >= 0.6 is 0 Å². The van der Waals surface area contributed by atoms with Crippen molar-refractivity contribution in [2.24, 2.45) is 0 Å². The average molecular weight is 372 g/mol. The Balaban J connectivity index is 1.95. The minimum absolute atomic E-state index is 0.223. The Morgan fingerprint density at radius 1 is 1.07 bits per heavy atom. The Hall–Kier alpha value is -3.02. The van der Waals surface area contributed by atoms with E-state index in [1.165, 1.54) is 6.07 Å². The molecule has 0 aliphatic heterocycles. The molecule has 0 bridgehead atoms. The molecule has 4 nitrogen and oxygen atoms in total. The minimum atomic E-state index is -0.883. The van der Waals surface area contributed by atoms with Gasteiger partial charge in [-0.1, -0.05) is 13.8 Å². The number of aryl methyl sites for hydroxylation is 1. The molecule has 1 aromatic heterocycles. The van der Waals surface area contributed by atoms with Crippen molar-refractivity contribution in [3.8, 4) is 0 Å². The van der Waals surface area contributed by atoms with E-state index >= 15 is 0 Å². The van der Waals surface area contributed by atoms with Gasteiger partial charge in [0, 0.05) is 23.1 Å². The van der Waals surface area contributed by atoms with Gasteiger partial charge in [-0.3, -0.25) is 0 Å². The monoisotopic (exact) mass is 372 g/mol. The number of halogens is 2. The molecule has 0 amide bonds. The maximum Gasteiger partial charge on any atom is 0.338 e. The first-order chi connectivity index (χ1) is 12.7. The van der Waals surface area contributed by atoms with Crippen LogP contribution in [0.15, 0.2) is 45.6 Å². The van der Waals surface area contributed by atoms with Crippen molar-refractivity contribution < 1.29 is 22.7 Å². The van der Waals surface area contributed by atoms with E-state index in [2.05, 4.69) is 0 Å². The highest BCUT2D eigenvalue weighted by Gasteiger charge is 2.15. The number of rotatable bonds is 4. The maximum atomic E-state index is 13.3.